The van der Waals surface area contributed by atoms with Crippen LogP contribution in [0.3, 0.4) is 0 Å². The third-order valence-electron chi connectivity index (χ3n) is 2.42. The van der Waals surface area contributed by atoms with Gasteiger partial charge in [0, 0.05) is 19.9 Å². The summed E-state index contributed by atoms with van der Waals surface area (Å²) < 4.78 is 9.97. The Morgan fingerprint density at radius 3 is 2.53 bits per heavy atom. The van der Waals surface area contributed by atoms with Crippen molar-refractivity contribution in [1.29, 1.82) is 0 Å². The van der Waals surface area contributed by atoms with E-state index in [0.717, 1.165) is 5.69 Å². The van der Waals surface area contributed by atoms with Gasteiger partial charge in [0.1, 0.15) is 0 Å². The smallest absolute Gasteiger partial charge is 0.253 e. The molecule has 1 N–H and O–H groups in total. The molecule has 0 saturated heterocycles. The SMILES string of the molecule is COC(CNC(=O)c1ccc(C)nc1C)OC. The first-order valence-corrected chi connectivity index (χ1v) is 5.36. The Balaban J connectivity index is 2.64. The lowest BCUT2D eigenvalue weighted by molar-refractivity contribution is -0.0974. The van der Waals surface area contributed by atoms with Crippen molar-refractivity contribution in [2.75, 3.05) is 20.8 Å². The minimum absolute atomic E-state index is 0.172. The summed E-state index contributed by atoms with van der Waals surface area (Å²) in [5.41, 5.74) is 2.18. The van der Waals surface area contributed by atoms with Crippen molar-refractivity contribution in [3.05, 3.63) is 29.1 Å². The minimum Gasteiger partial charge on any atom is -0.354 e. The zero-order valence-corrected chi connectivity index (χ0v) is 10.6. The first kappa shape index (κ1) is 13.6. The van der Waals surface area contributed by atoms with E-state index >= 15 is 0 Å². The summed E-state index contributed by atoms with van der Waals surface area (Å²) in [6.45, 7) is 4.01. The highest BCUT2D eigenvalue weighted by atomic mass is 16.7. The van der Waals surface area contributed by atoms with Crippen LogP contribution in [0.1, 0.15) is 21.7 Å². The molecule has 1 aromatic rings. The number of hydrogen-bond acceptors (Lipinski definition) is 4. The molecule has 0 aliphatic heterocycles. The van der Waals surface area contributed by atoms with Crippen molar-refractivity contribution in [2.45, 2.75) is 20.1 Å². The molecule has 0 atom stereocenters. The summed E-state index contributed by atoms with van der Waals surface area (Å²) in [7, 11) is 3.05. The molecular formula is C12H18N2O3. The van der Waals surface area contributed by atoms with E-state index in [2.05, 4.69) is 10.3 Å². The molecule has 0 aliphatic carbocycles. The molecule has 0 unspecified atom stereocenters. The Kier molecular flexibility index (Phi) is 5.06. The van der Waals surface area contributed by atoms with E-state index in [-0.39, 0.29) is 5.91 Å². The molecule has 17 heavy (non-hydrogen) atoms. The number of carbonyl (C=O) groups is 1. The van der Waals surface area contributed by atoms with Gasteiger partial charge in [-0.1, -0.05) is 0 Å². The third kappa shape index (κ3) is 3.80. The van der Waals surface area contributed by atoms with Gasteiger partial charge in [-0.25, -0.2) is 0 Å². The van der Waals surface area contributed by atoms with Crippen LogP contribution in [-0.2, 0) is 9.47 Å². The Bertz CT molecular complexity index is 389. The average molecular weight is 238 g/mol. The summed E-state index contributed by atoms with van der Waals surface area (Å²) in [6, 6.07) is 3.58. The number of pyridine rings is 1. The lowest BCUT2D eigenvalue weighted by atomic mass is 10.2. The second-order valence-electron chi connectivity index (χ2n) is 3.70. The van der Waals surface area contributed by atoms with Crippen LogP contribution < -0.4 is 5.32 Å². The maximum absolute atomic E-state index is 11.9. The Morgan fingerprint density at radius 1 is 1.35 bits per heavy atom. The zero-order valence-electron chi connectivity index (χ0n) is 10.6. The van der Waals surface area contributed by atoms with Gasteiger partial charge in [0.05, 0.1) is 17.8 Å². The number of aromatic nitrogens is 1. The number of hydrogen-bond donors (Lipinski definition) is 1. The maximum atomic E-state index is 11.9. The summed E-state index contributed by atoms with van der Waals surface area (Å²) >= 11 is 0. The number of aryl methyl sites for hydroxylation is 2. The first-order chi connectivity index (χ1) is 8.08. The number of carbonyl (C=O) groups excluding carboxylic acids is 1. The number of amides is 1. The number of methoxy groups -OCH3 is 2. The topological polar surface area (TPSA) is 60.5 Å². The van der Waals surface area contributed by atoms with Crippen LogP contribution in [0.15, 0.2) is 12.1 Å². The van der Waals surface area contributed by atoms with Gasteiger partial charge in [-0.05, 0) is 26.0 Å². The summed E-state index contributed by atoms with van der Waals surface area (Å²) in [5.74, 6) is -0.172. The normalized spacial score (nSPS) is 10.6. The van der Waals surface area contributed by atoms with Crippen molar-refractivity contribution < 1.29 is 14.3 Å². The molecular weight excluding hydrogens is 220 g/mol. The van der Waals surface area contributed by atoms with Crippen molar-refractivity contribution in [3.8, 4) is 0 Å². The molecule has 0 aliphatic rings. The van der Waals surface area contributed by atoms with E-state index in [9.17, 15) is 4.79 Å². The molecule has 0 radical (unpaired) electrons. The standard InChI is InChI=1S/C12H18N2O3/c1-8-5-6-10(9(2)14-8)12(15)13-7-11(16-3)17-4/h5-6,11H,7H2,1-4H3,(H,13,15). The fourth-order valence-electron chi connectivity index (χ4n) is 1.46. The lowest BCUT2D eigenvalue weighted by Gasteiger charge is -2.14. The van der Waals surface area contributed by atoms with E-state index in [1.165, 1.54) is 14.2 Å². The minimum atomic E-state index is -0.433. The van der Waals surface area contributed by atoms with E-state index in [1.807, 2.05) is 19.9 Å². The second kappa shape index (κ2) is 6.32. The molecule has 1 aromatic heterocycles. The fraction of sp³-hybridized carbons (Fsp3) is 0.500. The van der Waals surface area contributed by atoms with Crippen LogP contribution in [0.4, 0.5) is 0 Å². The Morgan fingerprint density at radius 2 is 2.00 bits per heavy atom. The highest BCUT2D eigenvalue weighted by Crippen LogP contribution is 2.06. The molecule has 1 amide bonds. The fourth-order valence-corrected chi connectivity index (χ4v) is 1.46. The first-order valence-electron chi connectivity index (χ1n) is 5.36. The van der Waals surface area contributed by atoms with Crippen LogP contribution in [0.2, 0.25) is 0 Å². The van der Waals surface area contributed by atoms with Gasteiger partial charge < -0.3 is 14.8 Å². The zero-order chi connectivity index (χ0) is 12.8. The maximum Gasteiger partial charge on any atom is 0.253 e. The van der Waals surface area contributed by atoms with Crippen LogP contribution in [0, 0.1) is 13.8 Å². The van der Waals surface area contributed by atoms with Crippen LogP contribution >= 0.6 is 0 Å². The predicted octanol–water partition coefficient (Wildman–Crippen LogP) is 1.05. The quantitative estimate of drug-likeness (QED) is 0.779. The third-order valence-corrected chi connectivity index (χ3v) is 2.42. The van der Waals surface area contributed by atoms with Crippen molar-refractivity contribution in [2.24, 2.45) is 0 Å². The molecule has 1 rings (SSSR count). The summed E-state index contributed by atoms with van der Waals surface area (Å²) in [6.07, 6.45) is -0.433. The predicted molar refractivity (Wildman–Crippen MR) is 63.9 cm³/mol. The molecule has 0 bridgehead atoms. The molecule has 5 nitrogen and oxygen atoms in total. The van der Waals surface area contributed by atoms with E-state index < -0.39 is 6.29 Å². The van der Waals surface area contributed by atoms with Crippen LogP contribution in [0.25, 0.3) is 0 Å². The highest BCUT2D eigenvalue weighted by molar-refractivity contribution is 5.95. The van der Waals surface area contributed by atoms with Gasteiger partial charge >= 0.3 is 0 Å². The van der Waals surface area contributed by atoms with Crippen molar-refractivity contribution in [3.63, 3.8) is 0 Å². The number of ether oxygens (including phenoxy) is 2. The molecule has 5 heteroatoms. The van der Waals surface area contributed by atoms with Crippen molar-refractivity contribution in [1.82, 2.24) is 10.3 Å². The second-order valence-corrected chi connectivity index (χ2v) is 3.70. The summed E-state index contributed by atoms with van der Waals surface area (Å²) in [5, 5.41) is 2.73. The number of nitrogens with zero attached hydrogens (tertiary/aromatic N) is 1. The van der Waals surface area contributed by atoms with Gasteiger partial charge in [0.15, 0.2) is 6.29 Å². The molecule has 0 spiro atoms. The monoisotopic (exact) mass is 238 g/mol. The Labute approximate surface area is 101 Å². The average Bonchev–Trinajstić information content (AvgIpc) is 2.30. The van der Waals surface area contributed by atoms with Gasteiger partial charge in [0.25, 0.3) is 5.91 Å². The lowest BCUT2D eigenvalue weighted by Crippen LogP contribution is -2.34. The van der Waals surface area contributed by atoms with Crippen LogP contribution in [0.5, 0.6) is 0 Å². The van der Waals surface area contributed by atoms with E-state index in [0.29, 0.717) is 17.8 Å². The molecule has 94 valence electrons. The van der Waals surface area contributed by atoms with Gasteiger partial charge in [-0.15, -0.1) is 0 Å². The number of nitrogens with one attached hydrogen (secondary N) is 1. The van der Waals surface area contributed by atoms with Crippen molar-refractivity contribution >= 4 is 5.91 Å². The summed E-state index contributed by atoms with van der Waals surface area (Å²) in [4.78, 5) is 16.1. The molecule has 0 fully saturated rings. The van der Waals surface area contributed by atoms with E-state index in [1.54, 1.807) is 6.07 Å². The largest absolute Gasteiger partial charge is 0.354 e. The van der Waals surface area contributed by atoms with Gasteiger partial charge in [-0.3, -0.25) is 9.78 Å². The molecule has 0 aromatic carbocycles. The Hall–Kier alpha value is -1.46. The van der Waals surface area contributed by atoms with E-state index in [4.69, 9.17) is 9.47 Å². The number of rotatable bonds is 5. The van der Waals surface area contributed by atoms with Gasteiger partial charge in [0.2, 0.25) is 0 Å². The molecule has 1 heterocycles. The van der Waals surface area contributed by atoms with Gasteiger partial charge in [-0.2, -0.15) is 0 Å². The van der Waals surface area contributed by atoms with Crippen LogP contribution in [-0.4, -0.2) is 37.9 Å². The molecule has 0 saturated carbocycles. The highest BCUT2D eigenvalue weighted by Gasteiger charge is 2.12.